The molecule has 0 bridgehead atoms. The van der Waals surface area contributed by atoms with Crippen molar-refractivity contribution in [2.75, 3.05) is 14.2 Å². The lowest BCUT2D eigenvalue weighted by Crippen LogP contribution is -2.38. The minimum Gasteiger partial charge on any atom is -0.493 e. The molecule has 0 aliphatic carbocycles. The molecule has 1 saturated heterocycles. The molecule has 2 aliphatic heterocycles. The summed E-state index contributed by atoms with van der Waals surface area (Å²) in [5, 5.41) is 18.8. The van der Waals surface area contributed by atoms with Crippen molar-refractivity contribution in [2.45, 2.75) is 24.0 Å². The van der Waals surface area contributed by atoms with Crippen molar-refractivity contribution in [1.29, 1.82) is 0 Å². The molecule has 0 radical (unpaired) electrons. The Balaban J connectivity index is 1.72. The molecule has 2 heterocycles. The quantitative estimate of drug-likeness (QED) is 0.314. The standard InChI is InChI=1S/C26H23N3O5/c1-33-20-13-12-17(14-21(20)34-2)22-24(29(31)32)23-19-11-7-6-10-18(19)15-27-28(23)25(22)26(30)16-8-4-3-5-9-16/h3-15,22-25H,1-2H3/t22-,23-,24-,25-/m1/s1. The van der Waals surface area contributed by atoms with Gasteiger partial charge in [0.15, 0.2) is 17.3 Å². The van der Waals surface area contributed by atoms with Gasteiger partial charge in [-0.05, 0) is 23.3 Å². The zero-order valence-electron chi connectivity index (χ0n) is 18.7. The van der Waals surface area contributed by atoms with Crippen LogP contribution in [-0.4, -0.2) is 48.2 Å². The summed E-state index contributed by atoms with van der Waals surface area (Å²) in [6.07, 6.45) is 1.67. The third kappa shape index (κ3) is 3.39. The van der Waals surface area contributed by atoms with Crippen molar-refractivity contribution in [3.8, 4) is 11.5 Å². The van der Waals surface area contributed by atoms with Gasteiger partial charge >= 0.3 is 0 Å². The summed E-state index contributed by atoms with van der Waals surface area (Å²) in [4.78, 5) is 26.2. The van der Waals surface area contributed by atoms with Crippen molar-refractivity contribution in [1.82, 2.24) is 5.01 Å². The zero-order chi connectivity index (χ0) is 23.8. The molecule has 0 N–H and O–H groups in total. The van der Waals surface area contributed by atoms with Gasteiger partial charge in [-0.25, -0.2) is 0 Å². The van der Waals surface area contributed by atoms with E-state index in [0.717, 1.165) is 11.1 Å². The van der Waals surface area contributed by atoms with Crippen LogP contribution in [-0.2, 0) is 0 Å². The summed E-state index contributed by atoms with van der Waals surface area (Å²) in [6.45, 7) is 0. The number of nitrogens with zero attached hydrogens (tertiary/aromatic N) is 3. The fourth-order valence-electron chi connectivity index (χ4n) is 5.12. The van der Waals surface area contributed by atoms with Crippen LogP contribution in [0.5, 0.6) is 11.5 Å². The van der Waals surface area contributed by atoms with Gasteiger partial charge in [0.1, 0.15) is 12.1 Å². The average molecular weight is 457 g/mol. The normalized spacial score (nSPS) is 22.6. The fraction of sp³-hybridized carbons (Fsp3) is 0.231. The molecule has 5 rings (SSSR count). The maximum Gasteiger partial charge on any atom is 0.248 e. The summed E-state index contributed by atoms with van der Waals surface area (Å²) >= 11 is 0. The van der Waals surface area contributed by atoms with E-state index in [-0.39, 0.29) is 10.7 Å². The average Bonchev–Trinajstić information content (AvgIpc) is 3.24. The molecule has 0 spiro atoms. The first kappa shape index (κ1) is 21.6. The Labute approximate surface area is 196 Å². The minimum absolute atomic E-state index is 0.216. The highest BCUT2D eigenvalue weighted by atomic mass is 16.6. The SMILES string of the molecule is COc1ccc([C@@H]2[C@@H]([N+](=O)[O-])[C@H]3c4ccccc4C=NN3[C@H]2C(=O)c2ccccc2)cc1OC. The molecule has 1 fully saturated rings. The van der Waals surface area contributed by atoms with Crippen molar-refractivity contribution >= 4 is 12.0 Å². The van der Waals surface area contributed by atoms with Crippen molar-refractivity contribution < 1.29 is 19.2 Å². The van der Waals surface area contributed by atoms with Gasteiger partial charge in [0, 0.05) is 16.1 Å². The van der Waals surface area contributed by atoms with Gasteiger partial charge in [-0.3, -0.25) is 19.9 Å². The number of benzene rings is 3. The van der Waals surface area contributed by atoms with E-state index in [1.807, 2.05) is 30.3 Å². The molecule has 8 heteroatoms. The van der Waals surface area contributed by atoms with E-state index in [4.69, 9.17) is 9.47 Å². The Morgan fingerprint density at radius 1 is 0.971 bits per heavy atom. The maximum absolute atomic E-state index is 13.8. The van der Waals surface area contributed by atoms with Crippen LogP contribution in [0.15, 0.2) is 77.9 Å². The molecule has 2 aliphatic rings. The first-order valence-electron chi connectivity index (χ1n) is 10.9. The molecule has 0 aromatic heterocycles. The van der Waals surface area contributed by atoms with Gasteiger partial charge in [-0.1, -0.05) is 60.7 Å². The van der Waals surface area contributed by atoms with Gasteiger partial charge in [0.05, 0.1) is 26.4 Å². The summed E-state index contributed by atoms with van der Waals surface area (Å²) in [5.41, 5.74) is 2.70. The Kier molecular flexibility index (Phi) is 5.49. The second kappa shape index (κ2) is 8.62. The van der Waals surface area contributed by atoms with Crippen LogP contribution in [0.3, 0.4) is 0 Å². The number of Topliss-reactive ketones (excluding diaryl/α,β-unsaturated/α-hetero) is 1. The van der Waals surface area contributed by atoms with Gasteiger partial charge in [-0.2, -0.15) is 5.10 Å². The van der Waals surface area contributed by atoms with E-state index in [1.165, 1.54) is 14.2 Å². The molecule has 172 valence electrons. The molecule has 0 unspecified atom stereocenters. The number of ether oxygens (including phenoxy) is 2. The first-order chi connectivity index (χ1) is 16.5. The summed E-state index contributed by atoms with van der Waals surface area (Å²) in [5.74, 6) is -0.0298. The van der Waals surface area contributed by atoms with Crippen molar-refractivity contribution in [3.63, 3.8) is 0 Å². The first-order valence-corrected chi connectivity index (χ1v) is 10.9. The number of hydrazone groups is 1. The number of carbonyl (C=O) groups excluding carboxylic acids is 1. The van der Waals surface area contributed by atoms with Crippen molar-refractivity contribution in [3.05, 3.63) is 105 Å². The van der Waals surface area contributed by atoms with Crippen molar-refractivity contribution in [2.24, 2.45) is 5.10 Å². The zero-order valence-corrected chi connectivity index (χ0v) is 18.7. The third-order valence-electron chi connectivity index (χ3n) is 6.61. The molecule has 3 aromatic carbocycles. The largest absolute Gasteiger partial charge is 0.493 e. The topological polar surface area (TPSA) is 94.3 Å². The molecule has 0 amide bonds. The molecule has 4 atom stereocenters. The Bertz CT molecular complexity index is 1280. The van der Waals surface area contributed by atoms with E-state index in [1.54, 1.807) is 53.7 Å². The number of rotatable bonds is 6. The van der Waals surface area contributed by atoms with Gasteiger partial charge in [-0.15, -0.1) is 0 Å². The third-order valence-corrected chi connectivity index (χ3v) is 6.61. The number of hydrogen-bond donors (Lipinski definition) is 0. The Hall–Kier alpha value is -4.20. The number of carbonyl (C=O) groups is 1. The van der Waals surface area contributed by atoms with E-state index in [2.05, 4.69) is 5.10 Å². The van der Waals surface area contributed by atoms with Crippen LogP contribution in [0.25, 0.3) is 0 Å². The van der Waals surface area contributed by atoms with E-state index in [0.29, 0.717) is 22.6 Å². The lowest BCUT2D eigenvalue weighted by Gasteiger charge is -2.30. The highest BCUT2D eigenvalue weighted by Gasteiger charge is 2.60. The lowest BCUT2D eigenvalue weighted by atomic mass is 9.82. The van der Waals surface area contributed by atoms with Crippen LogP contribution in [0.4, 0.5) is 0 Å². The predicted molar refractivity (Wildman–Crippen MR) is 126 cm³/mol. The highest BCUT2D eigenvalue weighted by Crippen LogP contribution is 2.50. The second-order valence-corrected chi connectivity index (χ2v) is 8.29. The van der Waals surface area contributed by atoms with E-state index in [9.17, 15) is 14.9 Å². The number of hydrogen-bond acceptors (Lipinski definition) is 7. The van der Waals surface area contributed by atoms with Crippen LogP contribution in [0, 0.1) is 10.1 Å². The summed E-state index contributed by atoms with van der Waals surface area (Å²) < 4.78 is 10.8. The Morgan fingerprint density at radius 3 is 2.38 bits per heavy atom. The highest BCUT2D eigenvalue weighted by molar-refractivity contribution is 6.01. The number of nitro groups is 1. The molecular formula is C26H23N3O5. The van der Waals surface area contributed by atoms with Crippen LogP contribution < -0.4 is 9.47 Å². The summed E-state index contributed by atoms with van der Waals surface area (Å²) in [6, 6.07) is 18.9. The monoisotopic (exact) mass is 457 g/mol. The minimum atomic E-state index is -1.10. The fourth-order valence-corrected chi connectivity index (χ4v) is 5.12. The number of fused-ring (bicyclic) bond motifs is 3. The van der Waals surface area contributed by atoms with Crippen LogP contribution in [0.2, 0.25) is 0 Å². The maximum atomic E-state index is 13.8. The van der Waals surface area contributed by atoms with Crippen LogP contribution >= 0.6 is 0 Å². The second-order valence-electron chi connectivity index (χ2n) is 8.29. The van der Waals surface area contributed by atoms with E-state index >= 15 is 0 Å². The molecule has 3 aromatic rings. The van der Waals surface area contributed by atoms with Gasteiger partial charge in [0.25, 0.3) is 0 Å². The van der Waals surface area contributed by atoms with Crippen LogP contribution in [0.1, 0.15) is 39.0 Å². The Morgan fingerprint density at radius 2 is 1.68 bits per heavy atom. The molecule has 34 heavy (non-hydrogen) atoms. The smallest absolute Gasteiger partial charge is 0.248 e. The molecule has 0 saturated carbocycles. The van der Waals surface area contributed by atoms with E-state index < -0.39 is 24.0 Å². The number of methoxy groups -OCH3 is 2. The predicted octanol–water partition coefficient (Wildman–Crippen LogP) is 4.09. The molecular weight excluding hydrogens is 434 g/mol. The summed E-state index contributed by atoms with van der Waals surface area (Å²) in [7, 11) is 3.04. The molecule has 8 nitrogen and oxygen atoms in total. The van der Waals surface area contributed by atoms with Gasteiger partial charge < -0.3 is 9.47 Å². The lowest BCUT2D eigenvalue weighted by molar-refractivity contribution is -0.529. The number of ketones is 1. The van der Waals surface area contributed by atoms with Gasteiger partial charge in [0.2, 0.25) is 6.04 Å².